The molecule has 1 fully saturated rings. The minimum absolute atomic E-state index is 0.124. The maximum absolute atomic E-state index is 11.9. The number of carboxylic acid groups (broad SMARTS) is 1. The fourth-order valence-corrected chi connectivity index (χ4v) is 3.79. The van der Waals surface area contributed by atoms with Gasteiger partial charge in [-0.1, -0.05) is 38.8 Å². The Balaban J connectivity index is 1.94. The Labute approximate surface area is 162 Å². The molecular weight excluding hydrogens is 433 g/mol. The number of halogens is 1. The quantitative estimate of drug-likeness (QED) is 0.449. The number of carboxylic acids is 1. The summed E-state index contributed by atoms with van der Waals surface area (Å²) in [6.45, 7) is 6.53. The maximum atomic E-state index is 11.9. The van der Waals surface area contributed by atoms with Gasteiger partial charge in [0.05, 0.1) is 12.0 Å². The van der Waals surface area contributed by atoms with Crippen molar-refractivity contribution in [2.45, 2.75) is 58.0 Å². The van der Waals surface area contributed by atoms with Gasteiger partial charge in [0.25, 0.3) is 0 Å². The van der Waals surface area contributed by atoms with Crippen LogP contribution in [0.15, 0.2) is 24.3 Å². The number of carbonyl (C=O) groups excluding carboxylic acids is 1. The SMILES string of the molecule is CC(CCCCC(C)(C)C1CNC(=O)O1)(C(=O)O)c1cccc(I)c1. The molecule has 1 saturated heterocycles. The first-order valence-corrected chi connectivity index (χ1v) is 9.67. The van der Waals surface area contributed by atoms with Crippen LogP contribution in [0.4, 0.5) is 4.79 Å². The second-order valence-corrected chi connectivity index (χ2v) is 8.86. The number of benzene rings is 1. The zero-order valence-electron chi connectivity index (χ0n) is 15.0. The van der Waals surface area contributed by atoms with Gasteiger partial charge in [-0.2, -0.15) is 0 Å². The smallest absolute Gasteiger partial charge is 0.407 e. The Morgan fingerprint density at radius 3 is 2.56 bits per heavy atom. The third kappa shape index (κ3) is 4.86. The van der Waals surface area contributed by atoms with E-state index in [1.165, 1.54) is 0 Å². The van der Waals surface area contributed by atoms with Crippen LogP contribution >= 0.6 is 22.6 Å². The van der Waals surface area contributed by atoms with E-state index < -0.39 is 11.4 Å². The third-order valence-corrected chi connectivity index (χ3v) is 5.91. The Kier molecular flexibility index (Phi) is 6.35. The number of unbranched alkanes of at least 4 members (excludes halogenated alkanes) is 1. The summed E-state index contributed by atoms with van der Waals surface area (Å²) in [6.07, 6.45) is 2.70. The lowest BCUT2D eigenvalue weighted by Crippen LogP contribution is -2.34. The molecule has 2 rings (SSSR count). The van der Waals surface area contributed by atoms with E-state index in [0.717, 1.165) is 28.4 Å². The van der Waals surface area contributed by atoms with Crippen molar-refractivity contribution in [2.75, 3.05) is 6.54 Å². The minimum atomic E-state index is -0.882. The molecule has 2 atom stereocenters. The molecule has 1 amide bonds. The molecule has 0 aromatic heterocycles. The number of hydrogen-bond donors (Lipinski definition) is 2. The molecule has 0 bridgehead atoms. The Morgan fingerprint density at radius 1 is 1.32 bits per heavy atom. The molecule has 1 aromatic carbocycles. The maximum Gasteiger partial charge on any atom is 0.407 e. The lowest BCUT2D eigenvalue weighted by Gasteiger charge is -2.30. The summed E-state index contributed by atoms with van der Waals surface area (Å²) < 4.78 is 6.34. The van der Waals surface area contributed by atoms with Crippen molar-refractivity contribution in [3.05, 3.63) is 33.4 Å². The molecule has 5 nitrogen and oxygen atoms in total. The van der Waals surface area contributed by atoms with E-state index in [0.29, 0.717) is 13.0 Å². The number of rotatable bonds is 8. The van der Waals surface area contributed by atoms with E-state index >= 15 is 0 Å². The second-order valence-electron chi connectivity index (χ2n) is 7.62. The van der Waals surface area contributed by atoms with Crippen LogP contribution in [-0.4, -0.2) is 29.8 Å². The fraction of sp³-hybridized carbons (Fsp3) is 0.579. The van der Waals surface area contributed by atoms with Gasteiger partial charge in [-0.15, -0.1) is 0 Å². The van der Waals surface area contributed by atoms with E-state index in [1.807, 2.05) is 24.3 Å². The number of alkyl carbamates (subject to hydrolysis) is 1. The number of cyclic esters (lactones) is 1. The molecule has 138 valence electrons. The summed E-state index contributed by atoms with van der Waals surface area (Å²) in [4.78, 5) is 23.1. The van der Waals surface area contributed by atoms with E-state index in [2.05, 4.69) is 41.8 Å². The second kappa shape index (κ2) is 7.93. The van der Waals surface area contributed by atoms with Crippen LogP contribution in [0.2, 0.25) is 0 Å². The third-order valence-electron chi connectivity index (χ3n) is 5.23. The number of nitrogens with one attached hydrogen (secondary N) is 1. The Hall–Kier alpha value is -1.31. The molecule has 0 aliphatic carbocycles. The number of aliphatic carboxylic acids is 1. The molecular formula is C19H26INO4. The van der Waals surface area contributed by atoms with Crippen molar-refractivity contribution in [2.24, 2.45) is 5.41 Å². The van der Waals surface area contributed by atoms with Gasteiger partial charge < -0.3 is 15.2 Å². The fourth-order valence-electron chi connectivity index (χ4n) is 3.25. The first-order chi connectivity index (χ1) is 11.6. The highest BCUT2D eigenvalue weighted by atomic mass is 127. The van der Waals surface area contributed by atoms with E-state index in [1.54, 1.807) is 6.92 Å². The summed E-state index contributed by atoms with van der Waals surface area (Å²) >= 11 is 2.21. The van der Waals surface area contributed by atoms with Gasteiger partial charge in [0, 0.05) is 8.99 Å². The van der Waals surface area contributed by atoms with E-state index in [-0.39, 0.29) is 17.6 Å². The molecule has 0 radical (unpaired) electrons. The van der Waals surface area contributed by atoms with Gasteiger partial charge in [-0.05, 0) is 60.1 Å². The highest BCUT2D eigenvalue weighted by Crippen LogP contribution is 2.35. The number of hydrogen-bond acceptors (Lipinski definition) is 3. The predicted molar refractivity (Wildman–Crippen MR) is 105 cm³/mol. The van der Waals surface area contributed by atoms with Crippen molar-refractivity contribution in [1.29, 1.82) is 0 Å². The van der Waals surface area contributed by atoms with Gasteiger partial charge in [-0.25, -0.2) is 4.79 Å². The Bertz CT molecular complexity index is 646. The monoisotopic (exact) mass is 459 g/mol. The van der Waals surface area contributed by atoms with Crippen LogP contribution in [0.5, 0.6) is 0 Å². The molecule has 2 unspecified atom stereocenters. The van der Waals surface area contributed by atoms with E-state index in [9.17, 15) is 14.7 Å². The van der Waals surface area contributed by atoms with Crippen LogP contribution < -0.4 is 5.32 Å². The zero-order chi connectivity index (χ0) is 18.7. The van der Waals surface area contributed by atoms with Gasteiger partial charge >= 0.3 is 12.1 Å². The number of ether oxygens (including phenoxy) is 1. The van der Waals surface area contributed by atoms with Crippen molar-refractivity contribution in [3.8, 4) is 0 Å². The highest BCUT2D eigenvalue weighted by Gasteiger charge is 2.38. The average Bonchev–Trinajstić information content (AvgIpc) is 2.98. The first-order valence-electron chi connectivity index (χ1n) is 8.59. The van der Waals surface area contributed by atoms with Crippen molar-refractivity contribution in [1.82, 2.24) is 5.32 Å². The standard InChI is InChI=1S/C19H26INO4/c1-18(2,15-12-21-17(24)25-15)9-4-5-10-19(3,16(22)23)13-7-6-8-14(20)11-13/h6-8,11,15H,4-5,9-10,12H2,1-3H3,(H,21,24)(H,22,23). The van der Waals surface area contributed by atoms with Gasteiger partial charge in [0.1, 0.15) is 6.10 Å². The van der Waals surface area contributed by atoms with Crippen LogP contribution in [0, 0.1) is 8.99 Å². The van der Waals surface area contributed by atoms with Crippen LogP contribution in [0.1, 0.15) is 52.0 Å². The molecule has 6 heteroatoms. The lowest BCUT2D eigenvalue weighted by molar-refractivity contribution is -0.143. The molecule has 25 heavy (non-hydrogen) atoms. The van der Waals surface area contributed by atoms with Gasteiger partial charge in [0.15, 0.2) is 0 Å². The molecule has 1 aromatic rings. The van der Waals surface area contributed by atoms with Gasteiger partial charge in [-0.3, -0.25) is 4.79 Å². The summed E-state index contributed by atoms with van der Waals surface area (Å²) in [5.74, 6) is -0.789. The van der Waals surface area contributed by atoms with Crippen molar-refractivity contribution in [3.63, 3.8) is 0 Å². The topological polar surface area (TPSA) is 75.6 Å². The highest BCUT2D eigenvalue weighted by molar-refractivity contribution is 14.1. The molecule has 1 heterocycles. The van der Waals surface area contributed by atoms with Crippen LogP contribution in [0.3, 0.4) is 0 Å². The normalized spacial score (nSPS) is 19.8. The van der Waals surface area contributed by atoms with Crippen molar-refractivity contribution < 1.29 is 19.4 Å². The minimum Gasteiger partial charge on any atom is -0.481 e. The van der Waals surface area contributed by atoms with Crippen LogP contribution in [-0.2, 0) is 14.9 Å². The largest absolute Gasteiger partial charge is 0.481 e. The summed E-state index contributed by atoms with van der Waals surface area (Å²) in [7, 11) is 0. The first kappa shape index (κ1) is 20.0. The number of amides is 1. The number of carbonyl (C=O) groups is 2. The van der Waals surface area contributed by atoms with Crippen LogP contribution in [0.25, 0.3) is 0 Å². The van der Waals surface area contributed by atoms with E-state index in [4.69, 9.17) is 4.74 Å². The average molecular weight is 459 g/mol. The lowest BCUT2D eigenvalue weighted by atomic mass is 9.76. The molecule has 0 spiro atoms. The molecule has 0 saturated carbocycles. The Morgan fingerprint density at radius 2 is 2.00 bits per heavy atom. The summed E-state index contributed by atoms with van der Waals surface area (Å²) in [6, 6.07) is 7.71. The molecule has 2 N–H and O–H groups in total. The van der Waals surface area contributed by atoms with Gasteiger partial charge in [0.2, 0.25) is 0 Å². The molecule has 1 aliphatic heterocycles. The zero-order valence-corrected chi connectivity index (χ0v) is 17.1. The predicted octanol–water partition coefficient (Wildman–Crippen LogP) is 4.33. The van der Waals surface area contributed by atoms with Crippen molar-refractivity contribution >= 4 is 34.7 Å². The summed E-state index contributed by atoms with van der Waals surface area (Å²) in [5.41, 5.74) is -0.159. The molecule has 1 aliphatic rings. The summed E-state index contributed by atoms with van der Waals surface area (Å²) in [5, 5.41) is 12.5.